The summed E-state index contributed by atoms with van der Waals surface area (Å²) in [6, 6.07) is 2.33. The summed E-state index contributed by atoms with van der Waals surface area (Å²) in [6.07, 6.45) is -1.78. The summed E-state index contributed by atoms with van der Waals surface area (Å²) < 4.78 is 47.2. The number of ether oxygens (including phenoxy) is 1. The summed E-state index contributed by atoms with van der Waals surface area (Å²) in [6.45, 7) is 5.23. The zero-order chi connectivity index (χ0) is 21.3. The molecule has 2 aliphatic heterocycles. The van der Waals surface area contributed by atoms with Crippen molar-refractivity contribution in [2.75, 3.05) is 19.7 Å². The first-order chi connectivity index (χ1) is 13.5. The first kappa shape index (κ1) is 21.4. The minimum absolute atomic E-state index is 0.101. The van der Waals surface area contributed by atoms with Gasteiger partial charge in [-0.05, 0) is 44.9 Å². The van der Waals surface area contributed by atoms with Gasteiger partial charge >= 0.3 is 6.09 Å². The number of carbonyl (C=O) groups is 2. The minimum atomic E-state index is -1.60. The molecule has 2 heterocycles. The third kappa shape index (κ3) is 5.01. The highest BCUT2D eigenvalue weighted by Crippen LogP contribution is 2.35. The number of piperidine rings is 1. The number of hydrogen-bond acceptors (Lipinski definition) is 4. The van der Waals surface area contributed by atoms with E-state index >= 15 is 0 Å². The van der Waals surface area contributed by atoms with Crippen LogP contribution in [0.2, 0.25) is 0 Å². The van der Waals surface area contributed by atoms with Crippen LogP contribution in [0.4, 0.5) is 18.0 Å². The fourth-order valence-electron chi connectivity index (χ4n) is 3.60. The van der Waals surface area contributed by atoms with Crippen molar-refractivity contribution in [3.8, 4) is 0 Å². The summed E-state index contributed by atoms with van der Waals surface area (Å²) >= 11 is 0. The molecule has 0 aromatic heterocycles. The van der Waals surface area contributed by atoms with Crippen molar-refractivity contribution in [3.05, 3.63) is 35.4 Å². The average Bonchev–Trinajstić information content (AvgIpc) is 3.08. The number of rotatable bonds is 2. The number of nitrogens with zero attached hydrogens (tertiary/aromatic N) is 2. The molecule has 29 heavy (non-hydrogen) atoms. The van der Waals surface area contributed by atoms with E-state index in [-0.39, 0.29) is 31.7 Å². The summed E-state index contributed by atoms with van der Waals surface area (Å²) in [5.41, 5.74) is -0.443. The smallest absolute Gasteiger partial charge is 0.410 e. The molecule has 0 N–H and O–H groups in total. The first-order valence-corrected chi connectivity index (χ1v) is 9.59. The number of carbonyl (C=O) groups excluding carboxylic acids is 2. The van der Waals surface area contributed by atoms with Crippen LogP contribution >= 0.6 is 0 Å². The monoisotopic (exact) mass is 414 g/mol. The van der Waals surface area contributed by atoms with Crippen molar-refractivity contribution in [1.29, 1.82) is 0 Å². The minimum Gasteiger partial charge on any atom is -0.444 e. The molecular formula is C20H25F3N2O4. The topological polar surface area (TPSA) is 59.1 Å². The van der Waals surface area contributed by atoms with Gasteiger partial charge in [0.05, 0.1) is 25.1 Å². The van der Waals surface area contributed by atoms with Crippen LogP contribution in [0.3, 0.4) is 0 Å². The van der Waals surface area contributed by atoms with E-state index in [0.717, 1.165) is 23.3 Å². The van der Waals surface area contributed by atoms with Crippen LogP contribution in [0.5, 0.6) is 0 Å². The van der Waals surface area contributed by atoms with Crippen molar-refractivity contribution in [2.45, 2.75) is 51.4 Å². The molecule has 3 rings (SSSR count). The summed E-state index contributed by atoms with van der Waals surface area (Å²) in [7, 11) is 0. The maximum absolute atomic E-state index is 14.8. The molecule has 0 radical (unpaired) electrons. The molecule has 1 aromatic rings. The van der Waals surface area contributed by atoms with Gasteiger partial charge in [-0.1, -0.05) is 0 Å². The van der Waals surface area contributed by atoms with Crippen molar-refractivity contribution >= 4 is 12.0 Å². The second kappa shape index (κ2) is 8.22. The molecule has 0 aliphatic carbocycles. The van der Waals surface area contributed by atoms with Gasteiger partial charge in [0, 0.05) is 19.0 Å². The summed E-state index contributed by atoms with van der Waals surface area (Å²) in [4.78, 5) is 31.7. The van der Waals surface area contributed by atoms with Gasteiger partial charge in [-0.2, -0.15) is 0 Å². The molecule has 0 spiro atoms. The SMILES string of the molecule is CC(C)(C)OC(=O)N1CCC(C(=O)N2OCCC2c2cc(F)cc(F)c2)[C@@H](F)C1. The molecule has 2 amide bonds. The van der Waals surface area contributed by atoms with Crippen molar-refractivity contribution in [3.63, 3.8) is 0 Å². The molecule has 2 saturated heterocycles. The fourth-order valence-corrected chi connectivity index (χ4v) is 3.60. The number of halogens is 3. The van der Waals surface area contributed by atoms with Gasteiger partial charge < -0.3 is 9.64 Å². The fraction of sp³-hybridized carbons (Fsp3) is 0.600. The summed E-state index contributed by atoms with van der Waals surface area (Å²) in [5.74, 6) is -3.11. The summed E-state index contributed by atoms with van der Waals surface area (Å²) in [5, 5.41) is 1.02. The number of amides is 2. The van der Waals surface area contributed by atoms with Gasteiger partial charge in [0.1, 0.15) is 23.4 Å². The Balaban J connectivity index is 1.68. The van der Waals surface area contributed by atoms with Gasteiger partial charge in [0.2, 0.25) is 0 Å². The molecule has 9 heteroatoms. The zero-order valence-corrected chi connectivity index (χ0v) is 16.7. The highest BCUT2D eigenvalue weighted by molar-refractivity contribution is 5.80. The Morgan fingerprint density at radius 2 is 1.79 bits per heavy atom. The van der Waals surface area contributed by atoms with Crippen molar-refractivity contribution in [1.82, 2.24) is 9.96 Å². The van der Waals surface area contributed by atoms with Crippen LogP contribution in [-0.2, 0) is 14.4 Å². The Morgan fingerprint density at radius 3 is 2.38 bits per heavy atom. The molecule has 1 aromatic carbocycles. The normalized spacial score (nSPS) is 25.2. The number of likely N-dealkylation sites (tertiary alicyclic amines) is 1. The number of benzene rings is 1. The van der Waals surface area contributed by atoms with Gasteiger partial charge in [-0.15, -0.1) is 0 Å². The molecule has 2 aliphatic rings. The lowest BCUT2D eigenvalue weighted by Gasteiger charge is -2.36. The van der Waals surface area contributed by atoms with E-state index < -0.39 is 47.4 Å². The second-order valence-corrected chi connectivity index (χ2v) is 8.34. The maximum Gasteiger partial charge on any atom is 0.410 e. The Hall–Kier alpha value is -2.29. The quantitative estimate of drug-likeness (QED) is 0.739. The Kier molecular flexibility index (Phi) is 6.07. The second-order valence-electron chi connectivity index (χ2n) is 8.34. The molecule has 6 nitrogen and oxygen atoms in total. The van der Waals surface area contributed by atoms with E-state index in [1.807, 2.05) is 0 Å². The van der Waals surface area contributed by atoms with E-state index in [9.17, 15) is 22.8 Å². The molecule has 3 atom stereocenters. The predicted molar refractivity (Wildman–Crippen MR) is 97.3 cm³/mol. The van der Waals surface area contributed by atoms with Crippen LogP contribution in [0.15, 0.2) is 18.2 Å². The van der Waals surface area contributed by atoms with E-state index in [2.05, 4.69) is 0 Å². The van der Waals surface area contributed by atoms with E-state index in [4.69, 9.17) is 9.57 Å². The lowest BCUT2D eigenvalue weighted by Crippen LogP contribution is -2.51. The van der Waals surface area contributed by atoms with Gasteiger partial charge in [-0.25, -0.2) is 23.0 Å². The van der Waals surface area contributed by atoms with Gasteiger partial charge in [0.25, 0.3) is 5.91 Å². The average molecular weight is 414 g/mol. The Bertz CT molecular complexity index is 763. The van der Waals surface area contributed by atoms with E-state index in [0.29, 0.717) is 6.42 Å². The first-order valence-electron chi connectivity index (χ1n) is 9.59. The van der Waals surface area contributed by atoms with Crippen LogP contribution in [0, 0.1) is 17.6 Å². The zero-order valence-electron chi connectivity index (χ0n) is 16.7. The van der Waals surface area contributed by atoms with Crippen LogP contribution in [0.1, 0.15) is 45.2 Å². The number of alkyl halides is 1. The lowest BCUT2D eigenvalue weighted by atomic mass is 9.93. The van der Waals surface area contributed by atoms with E-state index in [1.165, 1.54) is 4.90 Å². The molecule has 2 fully saturated rings. The Labute approximate surface area is 167 Å². The van der Waals surface area contributed by atoms with E-state index in [1.54, 1.807) is 20.8 Å². The van der Waals surface area contributed by atoms with Crippen LogP contribution in [0.25, 0.3) is 0 Å². The van der Waals surface area contributed by atoms with Crippen molar-refractivity contribution in [2.24, 2.45) is 5.92 Å². The van der Waals surface area contributed by atoms with Gasteiger partial charge in [0.15, 0.2) is 0 Å². The molecule has 2 unspecified atom stereocenters. The molecule has 160 valence electrons. The maximum atomic E-state index is 14.8. The predicted octanol–water partition coefficient (Wildman–Crippen LogP) is 3.76. The third-order valence-corrected chi connectivity index (χ3v) is 4.90. The highest BCUT2D eigenvalue weighted by Gasteiger charge is 2.43. The number of hydroxylamine groups is 2. The van der Waals surface area contributed by atoms with Crippen LogP contribution < -0.4 is 0 Å². The molecule has 0 saturated carbocycles. The third-order valence-electron chi connectivity index (χ3n) is 4.90. The van der Waals surface area contributed by atoms with Crippen LogP contribution in [-0.4, -0.2) is 53.4 Å². The Morgan fingerprint density at radius 1 is 1.14 bits per heavy atom. The molecular weight excluding hydrogens is 389 g/mol. The standard InChI is InChI=1S/C20H25F3N2O4/c1-20(2,3)29-19(27)24-6-4-15(16(23)11-24)18(26)25-17(5-7-28-25)12-8-13(21)10-14(22)9-12/h8-10,15-17H,4-7,11H2,1-3H3/t15?,16-,17?/m0/s1. The largest absolute Gasteiger partial charge is 0.444 e. The van der Waals surface area contributed by atoms with Crippen molar-refractivity contribution < 1.29 is 32.3 Å². The lowest BCUT2D eigenvalue weighted by molar-refractivity contribution is -0.185. The van der Waals surface area contributed by atoms with Gasteiger partial charge in [-0.3, -0.25) is 9.63 Å². The number of hydrogen-bond donors (Lipinski definition) is 0. The highest BCUT2D eigenvalue weighted by atomic mass is 19.1. The molecule has 0 bridgehead atoms.